The predicted molar refractivity (Wildman–Crippen MR) is 127 cm³/mol. The normalized spacial score (nSPS) is 24.0. The molecule has 1 aromatic carbocycles. The molecule has 188 valence electrons. The number of cyclic esters (lactones) is 1. The molecule has 7 rings (SSSR count). The molecule has 1 aromatic heterocycles. The summed E-state index contributed by atoms with van der Waals surface area (Å²) in [5.74, 6) is 1.12. The third-order valence-electron chi connectivity index (χ3n) is 8.94. The summed E-state index contributed by atoms with van der Waals surface area (Å²) in [6, 6.07) is 4.35. The van der Waals surface area contributed by atoms with Crippen molar-refractivity contribution in [2.24, 2.45) is 5.41 Å². The fraction of sp³-hybridized carbons (Fsp3) is 0.577. The second-order valence-electron chi connectivity index (χ2n) is 11.0. The molecule has 1 amide bonds. The highest BCUT2D eigenvalue weighted by Crippen LogP contribution is 2.47. The predicted octanol–water partition coefficient (Wildman–Crippen LogP) is 1.76. The fourth-order valence-electron chi connectivity index (χ4n) is 6.52. The molecule has 10 heteroatoms. The molecule has 2 aromatic rings. The van der Waals surface area contributed by atoms with Crippen molar-refractivity contribution in [1.82, 2.24) is 30.0 Å². The Morgan fingerprint density at radius 2 is 1.94 bits per heavy atom. The molecule has 1 aliphatic carbocycles. The van der Waals surface area contributed by atoms with Crippen molar-refractivity contribution >= 4 is 11.9 Å². The molecule has 1 spiro atoms. The number of esters is 1. The third-order valence-corrected chi connectivity index (χ3v) is 8.94. The van der Waals surface area contributed by atoms with Gasteiger partial charge in [0.2, 0.25) is 5.91 Å². The number of β-amino-alcohol motifs (C(OH)–C–C–N with tert-alkyl or cyclic N) is 1. The lowest BCUT2D eigenvalue weighted by Gasteiger charge is -2.39. The Hall–Kier alpha value is -3.11. The summed E-state index contributed by atoms with van der Waals surface area (Å²) >= 11 is 0. The van der Waals surface area contributed by atoms with E-state index < -0.39 is 6.10 Å². The summed E-state index contributed by atoms with van der Waals surface area (Å²) in [5.41, 5.74) is 5.39. The highest BCUT2D eigenvalue weighted by molar-refractivity contribution is 5.94. The van der Waals surface area contributed by atoms with Crippen LogP contribution in [0.1, 0.15) is 67.7 Å². The standard InChI is InChI=1S/C26H30N6O4/c1-15-21(14-36-24(15)34)31-9-6-26(25(31)35)4-7-30(8-5-26)13-22(33)20-10-17-12-32-23(27-28-29-32)19(17)11-18(20)16-2-3-16/h10-11,16,22,33H,2-9,12-14H2,1H3/t22-/m1/s1. The molecule has 36 heavy (non-hydrogen) atoms. The average molecular weight is 491 g/mol. The molecule has 0 bridgehead atoms. The average Bonchev–Trinajstić information content (AvgIpc) is 3.25. The lowest BCUT2D eigenvalue weighted by Crippen LogP contribution is -2.45. The molecule has 5 aliphatic rings. The maximum atomic E-state index is 13.4. The van der Waals surface area contributed by atoms with Gasteiger partial charge in [-0.1, -0.05) is 6.07 Å². The van der Waals surface area contributed by atoms with Crippen molar-refractivity contribution in [2.75, 3.05) is 32.8 Å². The molecule has 0 unspecified atom stereocenters. The van der Waals surface area contributed by atoms with Crippen LogP contribution in [0.2, 0.25) is 0 Å². The van der Waals surface area contributed by atoms with Crippen molar-refractivity contribution in [3.63, 3.8) is 0 Å². The molecule has 5 heterocycles. The Bertz CT molecular complexity index is 1300. The van der Waals surface area contributed by atoms with E-state index in [0.717, 1.165) is 73.4 Å². The number of aliphatic hydroxyl groups is 1. The molecule has 10 nitrogen and oxygen atoms in total. The van der Waals surface area contributed by atoms with Crippen LogP contribution in [-0.4, -0.2) is 79.8 Å². The number of hydrogen-bond donors (Lipinski definition) is 1. The van der Waals surface area contributed by atoms with Gasteiger partial charge >= 0.3 is 5.97 Å². The summed E-state index contributed by atoms with van der Waals surface area (Å²) in [4.78, 5) is 29.3. The van der Waals surface area contributed by atoms with Crippen molar-refractivity contribution in [3.05, 3.63) is 40.1 Å². The van der Waals surface area contributed by atoms with Gasteiger partial charge in [0.1, 0.15) is 6.61 Å². The van der Waals surface area contributed by atoms with E-state index in [0.29, 0.717) is 31.1 Å². The van der Waals surface area contributed by atoms with E-state index >= 15 is 0 Å². The van der Waals surface area contributed by atoms with E-state index in [1.54, 1.807) is 11.8 Å². The van der Waals surface area contributed by atoms with Gasteiger partial charge in [0.15, 0.2) is 5.82 Å². The number of fused-ring (bicyclic) bond motifs is 3. The van der Waals surface area contributed by atoms with Crippen LogP contribution in [0, 0.1) is 5.41 Å². The first kappa shape index (κ1) is 22.1. The van der Waals surface area contributed by atoms with Gasteiger partial charge in [-0.25, -0.2) is 9.48 Å². The van der Waals surface area contributed by atoms with Gasteiger partial charge in [0, 0.05) is 18.7 Å². The quantitative estimate of drug-likeness (QED) is 0.539. The lowest BCUT2D eigenvalue weighted by atomic mass is 9.77. The number of rotatable bonds is 5. The summed E-state index contributed by atoms with van der Waals surface area (Å²) in [7, 11) is 0. The monoisotopic (exact) mass is 490 g/mol. The first-order valence-corrected chi connectivity index (χ1v) is 13.0. The minimum Gasteiger partial charge on any atom is -0.456 e. The lowest BCUT2D eigenvalue weighted by molar-refractivity contribution is -0.138. The highest BCUT2D eigenvalue weighted by Gasteiger charge is 2.50. The topological polar surface area (TPSA) is 114 Å². The number of aromatic nitrogens is 4. The number of aliphatic hydroxyl groups excluding tert-OH is 1. The van der Waals surface area contributed by atoms with Crippen LogP contribution >= 0.6 is 0 Å². The first-order valence-electron chi connectivity index (χ1n) is 13.0. The number of ether oxygens (including phenoxy) is 1. The Kier molecular flexibility index (Phi) is 4.88. The largest absolute Gasteiger partial charge is 0.456 e. The number of hydrogen-bond acceptors (Lipinski definition) is 8. The molecule has 1 atom stereocenters. The minimum atomic E-state index is -0.579. The van der Waals surface area contributed by atoms with Crippen LogP contribution in [0.3, 0.4) is 0 Å². The van der Waals surface area contributed by atoms with Crippen LogP contribution in [-0.2, 0) is 20.9 Å². The van der Waals surface area contributed by atoms with Crippen molar-refractivity contribution < 1.29 is 19.4 Å². The third kappa shape index (κ3) is 3.34. The van der Waals surface area contributed by atoms with Gasteiger partial charge in [-0.3, -0.25) is 4.79 Å². The molecule has 0 radical (unpaired) electrons. The number of tetrazole rings is 1. The van der Waals surface area contributed by atoms with Crippen LogP contribution in [0.25, 0.3) is 11.4 Å². The zero-order valence-electron chi connectivity index (χ0n) is 20.4. The molecule has 1 N–H and O–H groups in total. The van der Waals surface area contributed by atoms with Crippen molar-refractivity contribution in [3.8, 4) is 11.4 Å². The maximum Gasteiger partial charge on any atom is 0.336 e. The number of piperidine rings is 1. The number of nitrogens with zero attached hydrogens (tertiary/aromatic N) is 6. The van der Waals surface area contributed by atoms with Gasteiger partial charge in [0.25, 0.3) is 0 Å². The van der Waals surface area contributed by atoms with E-state index in [9.17, 15) is 14.7 Å². The molecule has 4 aliphatic heterocycles. The van der Waals surface area contributed by atoms with E-state index in [-0.39, 0.29) is 23.9 Å². The van der Waals surface area contributed by atoms with Crippen LogP contribution in [0.15, 0.2) is 23.4 Å². The number of carbonyl (C=O) groups is 2. The second-order valence-corrected chi connectivity index (χ2v) is 11.0. The molecule has 3 fully saturated rings. The van der Waals surface area contributed by atoms with Crippen LogP contribution < -0.4 is 0 Å². The first-order chi connectivity index (χ1) is 17.4. The zero-order chi connectivity index (χ0) is 24.6. The molecular weight excluding hydrogens is 460 g/mol. The molecular formula is C26H30N6O4. The Morgan fingerprint density at radius 3 is 2.67 bits per heavy atom. The maximum absolute atomic E-state index is 13.4. The molecule has 2 saturated heterocycles. The van der Waals surface area contributed by atoms with Gasteiger partial charge < -0.3 is 19.6 Å². The van der Waals surface area contributed by atoms with E-state index in [1.165, 1.54) is 5.56 Å². The van der Waals surface area contributed by atoms with Crippen molar-refractivity contribution in [1.29, 1.82) is 0 Å². The Labute approximate surface area is 208 Å². The van der Waals surface area contributed by atoms with Crippen LogP contribution in [0.5, 0.6) is 0 Å². The fourth-order valence-corrected chi connectivity index (χ4v) is 6.52. The van der Waals surface area contributed by atoms with Gasteiger partial charge in [-0.05, 0) is 91.2 Å². The smallest absolute Gasteiger partial charge is 0.336 e. The SMILES string of the molecule is CC1=C(N2CCC3(CCN(C[C@@H](O)c4cc5c(cc4C4CC4)-c4nnnn4C5)CC3)C2=O)COC1=O. The van der Waals surface area contributed by atoms with Crippen LogP contribution in [0.4, 0.5) is 0 Å². The highest BCUT2D eigenvalue weighted by atomic mass is 16.5. The number of carbonyl (C=O) groups excluding carboxylic acids is 2. The summed E-state index contributed by atoms with van der Waals surface area (Å²) < 4.78 is 6.95. The summed E-state index contributed by atoms with van der Waals surface area (Å²) in [6.45, 7) is 5.33. The number of amides is 1. The van der Waals surface area contributed by atoms with Crippen molar-refractivity contribution in [2.45, 2.75) is 57.6 Å². The minimum absolute atomic E-state index is 0.130. The summed E-state index contributed by atoms with van der Waals surface area (Å²) in [5, 5.41) is 23.4. The summed E-state index contributed by atoms with van der Waals surface area (Å²) in [6.07, 6.45) is 4.08. The van der Waals surface area contributed by atoms with E-state index in [4.69, 9.17) is 4.74 Å². The van der Waals surface area contributed by atoms with Gasteiger partial charge in [-0.2, -0.15) is 0 Å². The number of benzene rings is 1. The second kappa shape index (κ2) is 7.94. The van der Waals surface area contributed by atoms with E-state index in [2.05, 4.69) is 32.6 Å². The Balaban J connectivity index is 1.05. The zero-order valence-corrected chi connectivity index (χ0v) is 20.4. The van der Waals surface area contributed by atoms with Gasteiger partial charge in [-0.15, -0.1) is 5.10 Å². The van der Waals surface area contributed by atoms with E-state index in [1.807, 2.05) is 4.68 Å². The molecule has 1 saturated carbocycles. The number of likely N-dealkylation sites (tertiary alicyclic amines) is 2. The van der Waals surface area contributed by atoms with Gasteiger partial charge in [0.05, 0.1) is 29.3 Å². The Morgan fingerprint density at radius 1 is 1.17 bits per heavy atom.